The number of aliphatic carboxylic acids is 1. The van der Waals surface area contributed by atoms with Gasteiger partial charge in [-0.25, -0.2) is 0 Å². The van der Waals surface area contributed by atoms with Crippen molar-refractivity contribution in [2.24, 2.45) is 17.8 Å². The van der Waals surface area contributed by atoms with E-state index in [0.717, 1.165) is 28.6 Å². The molecule has 4 rings (SSSR count). The molecule has 3 atom stereocenters. The number of carbonyl (C=O) groups excluding carboxylic acids is 1. The van der Waals surface area contributed by atoms with E-state index in [9.17, 15) is 14.7 Å². The third-order valence-electron chi connectivity index (χ3n) is 5.27. The van der Waals surface area contributed by atoms with Crippen LogP contribution < -0.4 is 4.74 Å². The van der Waals surface area contributed by atoms with Gasteiger partial charge in [0.1, 0.15) is 18.3 Å². The lowest BCUT2D eigenvalue weighted by molar-refractivity contribution is -0.142. The summed E-state index contributed by atoms with van der Waals surface area (Å²) in [5.41, 5.74) is 0.895. The van der Waals surface area contributed by atoms with E-state index >= 15 is 0 Å². The van der Waals surface area contributed by atoms with Crippen molar-refractivity contribution < 1.29 is 19.4 Å². The largest absolute Gasteiger partial charge is 0.492 e. The Kier molecular flexibility index (Phi) is 3.59. The SMILES string of the molecule is O=C(O)[C@H]1CN(C(=O)C2COc3ccc(Br)cc32)C[C@@H]1C1CC1. The van der Waals surface area contributed by atoms with E-state index in [1.165, 1.54) is 0 Å². The molecule has 2 heterocycles. The minimum atomic E-state index is -0.775. The van der Waals surface area contributed by atoms with Crippen molar-refractivity contribution >= 4 is 27.8 Å². The summed E-state index contributed by atoms with van der Waals surface area (Å²) < 4.78 is 6.54. The van der Waals surface area contributed by atoms with Gasteiger partial charge in [0.2, 0.25) is 5.91 Å². The minimum Gasteiger partial charge on any atom is -0.492 e. The van der Waals surface area contributed by atoms with Gasteiger partial charge in [-0.3, -0.25) is 9.59 Å². The molecule has 122 valence electrons. The number of hydrogen-bond acceptors (Lipinski definition) is 3. The Balaban J connectivity index is 1.54. The van der Waals surface area contributed by atoms with Gasteiger partial charge < -0.3 is 14.7 Å². The van der Waals surface area contributed by atoms with Crippen LogP contribution in [0.4, 0.5) is 0 Å². The summed E-state index contributed by atoms with van der Waals surface area (Å²) in [6, 6.07) is 5.68. The van der Waals surface area contributed by atoms with Crippen LogP contribution in [-0.2, 0) is 9.59 Å². The fourth-order valence-electron chi connectivity index (χ4n) is 3.88. The third kappa shape index (κ3) is 2.63. The Labute approximate surface area is 142 Å². The molecule has 23 heavy (non-hydrogen) atoms. The molecule has 0 spiro atoms. The van der Waals surface area contributed by atoms with Crippen molar-refractivity contribution in [1.29, 1.82) is 0 Å². The van der Waals surface area contributed by atoms with E-state index < -0.39 is 11.9 Å². The topological polar surface area (TPSA) is 66.8 Å². The summed E-state index contributed by atoms with van der Waals surface area (Å²) in [6.45, 7) is 1.24. The monoisotopic (exact) mass is 379 g/mol. The first-order valence-electron chi connectivity index (χ1n) is 7.98. The number of hydrogen-bond donors (Lipinski definition) is 1. The van der Waals surface area contributed by atoms with Crippen LogP contribution in [0.25, 0.3) is 0 Å². The Morgan fingerprint density at radius 2 is 2.04 bits per heavy atom. The number of carbonyl (C=O) groups is 2. The van der Waals surface area contributed by atoms with Crippen molar-refractivity contribution in [3.05, 3.63) is 28.2 Å². The first kappa shape index (κ1) is 15.0. The molecule has 2 aliphatic heterocycles. The Morgan fingerprint density at radius 1 is 1.26 bits per heavy atom. The van der Waals surface area contributed by atoms with E-state index in [1.54, 1.807) is 4.90 Å². The molecule has 1 unspecified atom stereocenters. The fourth-order valence-corrected chi connectivity index (χ4v) is 4.26. The van der Waals surface area contributed by atoms with Crippen LogP contribution in [0.15, 0.2) is 22.7 Å². The summed E-state index contributed by atoms with van der Waals surface area (Å²) in [5.74, 6) is -0.180. The molecule has 5 nitrogen and oxygen atoms in total. The summed E-state index contributed by atoms with van der Waals surface area (Å²) >= 11 is 3.43. The van der Waals surface area contributed by atoms with Crippen molar-refractivity contribution in [2.45, 2.75) is 18.8 Å². The smallest absolute Gasteiger partial charge is 0.308 e. The highest BCUT2D eigenvalue weighted by molar-refractivity contribution is 9.10. The summed E-state index contributed by atoms with van der Waals surface area (Å²) in [5, 5.41) is 9.45. The van der Waals surface area contributed by atoms with Crippen molar-refractivity contribution in [3.8, 4) is 5.75 Å². The average molecular weight is 380 g/mol. The first-order valence-corrected chi connectivity index (χ1v) is 8.77. The molecule has 6 heteroatoms. The molecule has 1 saturated heterocycles. The van der Waals surface area contributed by atoms with E-state index in [0.29, 0.717) is 25.6 Å². The van der Waals surface area contributed by atoms with Gasteiger partial charge in [0.15, 0.2) is 0 Å². The number of fused-ring (bicyclic) bond motifs is 1. The number of carboxylic acids is 1. The molecule has 0 aromatic heterocycles. The predicted octanol–water partition coefficient (Wildman–Crippen LogP) is 2.49. The second kappa shape index (κ2) is 5.51. The average Bonchev–Trinajstić information content (AvgIpc) is 3.12. The lowest BCUT2D eigenvalue weighted by Gasteiger charge is -2.20. The van der Waals surface area contributed by atoms with E-state index in [1.807, 2.05) is 18.2 Å². The maximum absolute atomic E-state index is 12.9. The Hall–Kier alpha value is -1.56. The highest BCUT2D eigenvalue weighted by atomic mass is 79.9. The molecular weight excluding hydrogens is 362 g/mol. The molecule has 1 N–H and O–H groups in total. The minimum absolute atomic E-state index is 0.00347. The highest BCUT2D eigenvalue weighted by Crippen LogP contribution is 2.45. The van der Waals surface area contributed by atoms with Crippen LogP contribution in [0.5, 0.6) is 5.75 Å². The van der Waals surface area contributed by atoms with Crippen molar-refractivity contribution in [2.75, 3.05) is 19.7 Å². The molecule has 1 aromatic carbocycles. The van der Waals surface area contributed by atoms with Crippen LogP contribution in [0, 0.1) is 17.8 Å². The van der Waals surface area contributed by atoms with Crippen LogP contribution in [0.1, 0.15) is 24.3 Å². The van der Waals surface area contributed by atoms with Gasteiger partial charge in [0.05, 0.1) is 5.92 Å². The number of carboxylic acid groups (broad SMARTS) is 1. The zero-order valence-corrected chi connectivity index (χ0v) is 14.2. The van der Waals surface area contributed by atoms with Crippen LogP contribution in [-0.4, -0.2) is 41.6 Å². The van der Waals surface area contributed by atoms with Crippen LogP contribution in [0.3, 0.4) is 0 Å². The number of likely N-dealkylation sites (tertiary alicyclic amines) is 1. The first-order chi connectivity index (χ1) is 11.0. The molecule has 0 radical (unpaired) electrons. The number of nitrogens with zero attached hydrogens (tertiary/aromatic N) is 1. The van der Waals surface area contributed by atoms with Crippen molar-refractivity contribution in [3.63, 3.8) is 0 Å². The maximum Gasteiger partial charge on any atom is 0.308 e. The lowest BCUT2D eigenvalue weighted by Crippen LogP contribution is -2.34. The lowest BCUT2D eigenvalue weighted by atomic mass is 9.92. The van der Waals surface area contributed by atoms with Gasteiger partial charge in [0, 0.05) is 23.1 Å². The van der Waals surface area contributed by atoms with E-state index in [2.05, 4.69) is 15.9 Å². The highest BCUT2D eigenvalue weighted by Gasteiger charge is 2.48. The second-order valence-electron chi connectivity index (χ2n) is 6.73. The number of amides is 1. The molecule has 1 aromatic rings. The zero-order chi connectivity index (χ0) is 16.1. The molecule has 3 aliphatic rings. The maximum atomic E-state index is 12.9. The molecular formula is C17H18BrNO4. The summed E-state index contributed by atoms with van der Waals surface area (Å²) in [7, 11) is 0. The number of ether oxygens (including phenoxy) is 1. The normalized spacial score (nSPS) is 29.3. The molecule has 1 amide bonds. The summed E-state index contributed by atoms with van der Waals surface area (Å²) in [4.78, 5) is 26.2. The number of rotatable bonds is 3. The van der Waals surface area contributed by atoms with Crippen molar-refractivity contribution in [1.82, 2.24) is 4.90 Å². The standard InChI is InChI=1S/C17H18BrNO4/c18-10-3-4-15-11(5-10)14(8-23-15)16(20)19-6-12(9-1-2-9)13(7-19)17(21)22/h3-5,9,12-14H,1-2,6-8H2,(H,21,22)/t12-,13+,14?/m1/s1. The fraction of sp³-hybridized carbons (Fsp3) is 0.529. The van der Waals surface area contributed by atoms with Gasteiger partial charge in [-0.05, 0) is 42.9 Å². The number of benzene rings is 1. The molecule has 2 fully saturated rings. The Bertz CT molecular complexity index is 673. The predicted molar refractivity (Wildman–Crippen MR) is 86.3 cm³/mol. The quantitative estimate of drug-likeness (QED) is 0.875. The van der Waals surface area contributed by atoms with Crippen LogP contribution >= 0.6 is 15.9 Å². The molecule has 0 bridgehead atoms. The van der Waals surface area contributed by atoms with E-state index in [-0.39, 0.29) is 17.7 Å². The zero-order valence-electron chi connectivity index (χ0n) is 12.6. The van der Waals surface area contributed by atoms with Gasteiger partial charge in [-0.2, -0.15) is 0 Å². The second-order valence-corrected chi connectivity index (χ2v) is 7.65. The van der Waals surface area contributed by atoms with Crippen LogP contribution in [0.2, 0.25) is 0 Å². The number of halogens is 1. The molecule has 1 aliphatic carbocycles. The Morgan fingerprint density at radius 3 is 2.74 bits per heavy atom. The van der Waals surface area contributed by atoms with Gasteiger partial charge in [-0.15, -0.1) is 0 Å². The van der Waals surface area contributed by atoms with Gasteiger partial charge >= 0.3 is 5.97 Å². The van der Waals surface area contributed by atoms with Gasteiger partial charge in [0.25, 0.3) is 0 Å². The van der Waals surface area contributed by atoms with Gasteiger partial charge in [-0.1, -0.05) is 15.9 Å². The third-order valence-corrected chi connectivity index (χ3v) is 5.77. The van der Waals surface area contributed by atoms with E-state index in [4.69, 9.17) is 4.74 Å². The summed E-state index contributed by atoms with van der Waals surface area (Å²) in [6.07, 6.45) is 2.19. The molecule has 1 saturated carbocycles.